The van der Waals surface area contributed by atoms with E-state index in [1.165, 1.54) is 0 Å². The third-order valence-electron chi connectivity index (χ3n) is 2.86. The summed E-state index contributed by atoms with van der Waals surface area (Å²) in [6, 6.07) is 4.01. The second-order valence-electron chi connectivity index (χ2n) is 4.47. The maximum Gasteiger partial charge on any atom is 0.354 e. The van der Waals surface area contributed by atoms with Gasteiger partial charge < -0.3 is 20.4 Å². The van der Waals surface area contributed by atoms with Gasteiger partial charge >= 0.3 is 23.9 Å². The van der Waals surface area contributed by atoms with Gasteiger partial charge in [0.05, 0.1) is 0 Å². The van der Waals surface area contributed by atoms with Crippen LogP contribution in [0.15, 0.2) is 24.3 Å². The molecule has 2 heterocycles. The molecule has 0 amide bonds. The van der Waals surface area contributed by atoms with Crippen LogP contribution < -0.4 is 0 Å². The van der Waals surface area contributed by atoms with Crippen LogP contribution >= 0.6 is 0 Å². The van der Waals surface area contributed by atoms with Gasteiger partial charge in [0.25, 0.3) is 0 Å². The van der Waals surface area contributed by atoms with Gasteiger partial charge in [-0.1, -0.05) is 0 Å². The number of aromatic nitrogens is 2. The van der Waals surface area contributed by atoms with E-state index >= 15 is 0 Å². The molecule has 0 saturated heterocycles. The monoisotopic (exact) mass is 460 g/mol. The fourth-order valence-electron chi connectivity index (χ4n) is 1.83. The zero-order valence-corrected chi connectivity index (χ0v) is 19.0. The molecule has 2 aromatic heterocycles. The van der Waals surface area contributed by atoms with E-state index in [1.807, 2.05) is 0 Å². The molecule has 4 N–H and O–H groups in total. The summed E-state index contributed by atoms with van der Waals surface area (Å²) in [4.78, 5) is 51.1. The summed E-state index contributed by atoms with van der Waals surface area (Å²) in [7, 11) is 0. The van der Waals surface area contributed by atoms with Crippen LogP contribution in [0.5, 0.6) is 0 Å². The zero-order chi connectivity index (χ0) is 18.0. The van der Waals surface area contributed by atoms with Crippen molar-refractivity contribution in [1.29, 1.82) is 0 Å². The van der Waals surface area contributed by atoms with E-state index in [1.54, 1.807) is 0 Å². The predicted octanol–water partition coefficient (Wildman–Crippen LogP) is 0.931. The van der Waals surface area contributed by atoms with Crippen LogP contribution in [-0.2, 0) is 39.0 Å². The molecular weight excluding hydrogens is 455 g/mol. The second kappa shape index (κ2) is 9.21. The van der Waals surface area contributed by atoms with Crippen LogP contribution in [-0.4, -0.2) is 54.3 Å². The summed E-state index contributed by atoms with van der Waals surface area (Å²) in [5.74, 6) is -5.98. The Morgan fingerprint density at radius 1 is 0.538 bits per heavy atom. The average molecular weight is 463 g/mol. The summed E-state index contributed by atoms with van der Waals surface area (Å²) in [6.07, 6.45) is 0. The smallest absolute Gasteiger partial charge is 0.354 e. The first-order valence-corrected chi connectivity index (χ1v) is 6.16. The summed E-state index contributed by atoms with van der Waals surface area (Å²) in [5, 5.41) is 36.0. The van der Waals surface area contributed by atoms with Crippen molar-refractivity contribution >= 4 is 23.9 Å². The van der Waals surface area contributed by atoms with Gasteiger partial charge in [-0.3, -0.25) is 0 Å². The van der Waals surface area contributed by atoms with Crippen LogP contribution in [0.25, 0.3) is 11.1 Å². The molecule has 0 bridgehead atoms. The summed E-state index contributed by atoms with van der Waals surface area (Å²) in [6.45, 7) is 0. The van der Waals surface area contributed by atoms with Gasteiger partial charge in [0.15, 0.2) is 0 Å². The SMILES string of the molecule is O=C(O)c1cc(-c2cc(C(=O)O)nc(C(=O)O)c2)cc(C(=O)O)n1.[Zn].[Zn]. The van der Waals surface area contributed by atoms with E-state index < -0.39 is 46.7 Å². The normalized spacial score (nSPS) is 9.38. The summed E-state index contributed by atoms with van der Waals surface area (Å²) >= 11 is 0. The Hall–Kier alpha value is -2.57. The number of rotatable bonds is 5. The van der Waals surface area contributed by atoms with E-state index in [0.29, 0.717) is 0 Å². The largest absolute Gasteiger partial charge is 0.477 e. The fourth-order valence-corrected chi connectivity index (χ4v) is 1.83. The van der Waals surface area contributed by atoms with Crippen molar-refractivity contribution in [2.45, 2.75) is 0 Å². The van der Waals surface area contributed by atoms with Crippen LogP contribution in [0.2, 0.25) is 0 Å². The third-order valence-corrected chi connectivity index (χ3v) is 2.86. The molecule has 0 aliphatic carbocycles. The van der Waals surface area contributed by atoms with Crippen molar-refractivity contribution in [1.82, 2.24) is 9.97 Å². The standard InChI is InChI=1S/C14H8N2O8.2Zn/c17-11(18)7-1-5(2-8(15-7)12(19)20)6-3-9(13(21)22)16-10(4-6)14(23)24;;/h1-4H,(H,17,18)(H,19,20)(H,21,22)(H,23,24);;. The number of carboxylic acid groups (broad SMARTS) is 4. The molecule has 126 valence electrons. The Morgan fingerprint density at radius 3 is 0.885 bits per heavy atom. The second-order valence-corrected chi connectivity index (χ2v) is 4.47. The minimum absolute atomic E-state index is 0. The van der Waals surface area contributed by atoms with E-state index in [2.05, 4.69) is 9.97 Å². The first kappa shape index (κ1) is 23.4. The van der Waals surface area contributed by atoms with E-state index in [-0.39, 0.29) is 50.1 Å². The Bertz CT molecular complexity index is 763. The van der Waals surface area contributed by atoms with Crippen molar-refractivity contribution in [2.75, 3.05) is 0 Å². The summed E-state index contributed by atoms with van der Waals surface area (Å²) < 4.78 is 0. The molecule has 0 aromatic carbocycles. The minimum atomic E-state index is -1.50. The van der Waals surface area contributed by atoms with E-state index in [9.17, 15) is 19.2 Å². The van der Waals surface area contributed by atoms with Crippen LogP contribution in [0.1, 0.15) is 42.0 Å². The minimum Gasteiger partial charge on any atom is -0.477 e. The van der Waals surface area contributed by atoms with Crippen molar-refractivity contribution in [3.63, 3.8) is 0 Å². The molecule has 2 rings (SSSR count). The van der Waals surface area contributed by atoms with Crippen molar-refractivity contribution in [3.05, 3.63) is 47.0 Å². The molecule has 0 saturated carbocycles. The topological polar surface area (TPSA) is 175 Å². The molecule has 10 nitrogen and oxygen atoms in total. The number of hydrogen-bond acceptors (Lipinski definition) is 6. The third kappa shape index (κ3) is 5.21. The number of carbonyl (C=O) groups is 4. The van der Waals surface area contributed by atoms with Crippen molar-refractivity contribution in [3.8, 4) is 11.1 Å². The van der Waals surface area contributed by atoms with Gasteiger partial charge in [0, 0.05) is 39.0 Å². The van der Waals surface area contributed by atoms with Gasteiger partial charge in [0.2, 0.25) is 0 Å². The molecule has 0 atom stereocenters. The molecule has 0 fully saturated rings. The first-order valence-electron chi connectivity index (χ1n) is 6.16. The van der Waals surface area contributed by atoms with Gasteiger partial charge in [-0.2, -0.15) is 0 Å². The number of hydrogen-bond donors (Lipinski definition) is 4. The Labute approximate surface area is 170 Å². The van der Waals surface area contributed by atoms with Gasteiger partial charge in [-0.25, -0.2) is 29.1 Å². The average Bonchev–Trinajstić information content (AvgIpc) is 2.53. The van der Waals surface area contributed by atoms with Crippen LogP contribution in [0.4, 0.5) is 0 Å². The number of nitrogens with zero attached hydrogens (tertiary/aromatic N) is 2. The Kier molecular flexibility index (Phi) is 8.30. The fraction of sp³-hybridized carbons (Fsp3) is 0. The molecule has 0 radical (unpaired) electrons. The van der Waals surface area contributed by atoms with Gasteiger partial charge in [-0.05, 0) is 35.4 Å². The number of aromatic carboxylic acids is 4. The Balaban J connectivity index is 0.00000312. The maximum absolute atomic E-state index is 11.1. The van der Waals surface area contributed by atoms with Gasteiger partial charge in [0.1, 0.15) is 22.8 Å². The van der Waals surface area contributed by atoms with Crippen LogP contribution in [0.3, 0.4) is 0 Å². The zero-order valence-electron chi connectivity index (χ0n) is 13.0. The van der Waals surface area contributed by atoms with Gasteiger partial charge in [-0.15, -0.1) is 0 Å². The van der Waals surface area contributed by atoms with E-state index in [0.717, 1.165) is 24.3 Å². The molecule has 26 heavy (non-hydrogen) atoms. The predicted molar refractivity (Wildman–Crippen MR) is 75.3 cm³/mol. The molecule has 0 aliphatic heterocycles. The molecular formula is C14H8N2O8Zn2. The van der Waals surface area contributed by atoms with Crippen LogP contribution in [0, 0.1) is 0 Å². The first-order chi connectivity index (χ1) is 11.2. The van der Waals surface area contributed by atoms with Crippen molar-refractivity contribution < 1.29 is 78.6 Å². The maximum atomic E-state index is 11.1. The van der Waals surface area contributed by atoms with Crippen molar-refractivity contribution in [2.24, 2.45) is 0 Å². The Morgan fingerprint density at radius 2 is 0.731 bits per heavy atom. The quantitative estimate of drug-likeness (QED) is 0.467. The number of pyridine rings is 2. The molecule has 2 aromatic rings. The number of carboxylic acids is 4. The molecule has 12 heteroatoms. The molecule has 0 unspecified atom stereocenters. The van der Waals surface area contributed by atoms with E-state index in [4.69, 9.17) is 20.4 Å². The molecule has 0 aliphatic rings. The molecule has 0 spiro atoms. The summed E-state index contributed by atoms with van der Waals surface area (Å²) in [5.41, 5.74) is -2.39.